The number of aliphatic hydroxyl groups excluding tert-OH is 3. The number of allylic oxidation sites excluding steroid dienone is 2. The lowest BCUT2D eigenvalue weighted by atomic mass is 9.78. The molecule has 52 heavy (non-hydrogen) atoms. The van der Waals surface area contributed by atoms with Crippen molar-refractivity contribution < 1.29 is 54.4 Å². The number of benzene rings is 2. The molecular formula is C38H49NO11S2. The number of thioether (sulfide) groups is 2. The molecule has 9 atom stereocenters. The number of anilines is 1. The SMILES string of the molecule is CO[C@@H]1C=CO[C@@]2(C)Oc3c(C)c(O)c4c(O)c(c(C5SCCS5)c(O)c4c3C2=O)NC(=O)C(C)=CC=C[C@H](C)[C@H](O)[C@H](C)[C@H](O)[C@H](C)[C@@H](O)[C@H]1C. The van der Waals surface area contributed by atoms with Crippen molar-refractivity contribution in [2.45, 2.75) is 83.3 Å². The van der Waals surface area contributed by atoms with Crippen LogP contribution in [0, 0.1) is 30.6 Å². The third-order valence-electron chi connectivity index (χ3n) is 10.6. The summed E-state index contributed by atoms with van der Waals surface area (Å²) in [6.45, 7) is 11.3. The monoisotopic (exact) mass is 759 g/mol. The summed E-state index contributed by atoms with van der Waals surface area (Å²) in [5.74, 6) is -5.54. The smallest absolute Gasteiger partial charge is 0.312 e. The summed E-state index contributed by atoms with van der Waals surface area (Å²) in [5.41, 5.74) is 0.323. The first-order valence-corrected chi connectivity index (χ1v) is 19.4. The van der Waals surface area contributed by atoms with E-state index < -0.39 is 87.4 Å². The largest absolute Gasteiger partial charge is 0.507 e. The highest BCUT2D eigenvalue weighted by Crippen LogP contribution is 2.60. The van der Waals surface area contributed by atoms with E-state index in [-0.39, 0.29) is 44.5 Å². The Bertz CT molecular complexity index is 1820. The molecule has 2 aromatic rings. The van der Waals surface area contributed by atoms with Gasteiger partial charge in [0.05, 0.1) is 51.9 Å². The van der Waals surface area contributed by atoms with Crippen LogP contribution in [0.5, 0.6) is 23.0 Å². The Morgan fingerprint density at radius 3 is 2.12 bits per heavy atom. The summed E-state index contributed by atoms with van der Waals surface area (Å²) in [6, 6.07) is 0. The molecule has 5 bridgehead atoms. The Morgan fingerprint density at radius 1 is 0.865 bits per heavy atom. The number of amides is 1. The molecule has 284 valence electrons. The van der Waals surface area contributed by atoms with Crippen molar-refractivity contribution >= 4 is 51.7 Å². The van der Waals surface area contributed by atoms with Gasteiger partial charge in [-0.05, 0) is 19.9 Å². The number of rotatable bonds is 2. The van der Waals surface area contributed by atoms with Gasteiger partial charge in [-0.25, -0.2) is 0 Å². The molecule has 6 rings (SSSR count). The second-order valence-electron chi connectivity index (χ2n) is 14.1. The second kappa shape index (κ2) is 15.5. The van der Waals surface area contributed by atoms with Crippen molar-refractivity contribution in [2.75, 3.05) is 23.9 Å². The lowest BCUT2D eigenvalue weighted by Gasteiger charge is -2.36. The van der Waals surface area contributed by atoms with Crippen LogP contribution in [0.15, 0.2) is 36.1 Å². The molecule has 1 fully saturated rings. The number of methoxy groups -OCH3 is 1. The fourth-order valence-corrected chi connectivity index (χ4v) is 10.1. The molecule has 4 aliphatic rings. The standard InChI is InChI=1S/C38H49NO11S2/c1-16-10-9-11-17(2)36(47)39-27-26(37-51-14-15-52-37)32(44)23-24(33(27)45)31(43)21(6)34-25(23)35(46)38(7,50-34)49-13-12-22(48-8)18(3)29(41)20(5)30(42)19(4)28(16)40/h9-13,16,18-20,22,28-30,37,40-45H,14-15H2,1-8H3,(H,39,47)/t16-,18-,19-,20+,22+,28-,29-,30-,38-/m0/s1. The van der Waals surface area contributed by atoms with Crippen LogP contribution >= 0.6 is 23.5 Å². The van der Waals surface area contributed by atoms with Gasteiger partial charge in [0, 0.05) is 71.3 Å². The van der Waals surface area contributed by atoms with Gasteiger partial charge in [-0.1, -0.05) is 45.9 Å². The first-order chi connectivity index (χ1) is 24.5. The summed E-state index contributed by atoms with van der Waals surface area (Å²) in [5, 5.41) is 71.3. The van der Waals surface area contributed by atoms with Crippen molar-refractivity contribution in [3.63, 3.8) is 0 Å². The molecule has 0 aromatic heterocycles. The maximum atomic E-state index is 14.2. The fourth-order valence-electron chi connectivity index (χ4n) is 7.11. The minimum atomic E-state index is -1.97. The van der Waals surface area contributed by atoms with Crippen LogP contribution in [0.1, 0.15) is 67.6 Å². The van der Waals surface area contributed by atoms with Crippen LogP contribution < -0.4 is 10.1 Å². The van der Waals surface area contributed by atoms with E-state index in [1.807, 2.05) is 0 Å². The molecule has 7 N–H and O–H groups in total. The predicted molar refractivity (Wildman–Crippen MR) is 202 cm³/mol. The number of hydrogen-bond donors (Lipinski definition) is 7. The van der Waals surface area contributed by atoms with E-state index in [1.54, 1.807) is 46.8 Å². The van der Waals surface area contributed by atoms with Crippen molar-refractivity contribution in [3.8, 4) is 23.0 Å². The minimum Gasteiger partial charge on any atom is -0.507 e. The zero-order valence-corrected chi connectivity index (χ0v) is 32.2. The van der Waals surface area contributed by atoms with Crippen molar-refractivity contribution in [1.82, 2.24) is 0 Å². The highest BCUT2D eigenvalue weighted by molar-refractivity contribution is 8.19. The van der Waals surface area contributed by atoms with E-state index in [0.717, 1.165) is 11.5 Å². The van der Waals surface area contributed by atoms with Gasteiger partial charge in [-0.2, -0.15) is 0 Å². The summed E-state index contributed by atoms with van der Waals surface area (Å²) in [6.07, 6.45) is 3.67. The van der Waals surface area contributed by atoms with Gasteiger partial charge in [-0.15, -0.1) is 23.5 Å². The Kier molecular flexibility index (Phi) is 11.9. The number of ketones is 1. The van der Waals surface area contributed by atoms with Crippen molar-refractivity contribution in [3.05, 3.63) is 52.8 Å². The third-order valence-corrected chi connectivity index (χ3v) is 13.7. The number of hydrogen-bond acceptors (Lipinski definition) is 13. The number of ether oxygens (including phenoxy) is 3. The highest BCUT2D eigenvalue weighted by atomic mass is 32.2. The molecule has 1 saturated heterocycles. The Morgan fingerprint density at radius 2 is 1.48 bits per heavy atom. The number of phenolic OH excluding ortho intramolecular Hbond substituents is 3. The summed E-state index contributed by atoms with van der Waals surface area (Å²) < 4.78 is 17.2. The van der Waals surface area contributed by atoms with E-state index >= 15 is 0 Å². The molecule has 0 radical (unpaired) electrons. The lowest BCUT2D eigenvalue weighted by molar-refractivity contribution is -0.112. The average Bonchev–Trinajstić information content (AvgIpc) is 3.74. The molecule has 0 unspecified atom stereocenters. The van der Waals surface area contributed by atoms with Crippen molar-refractivity contribution in [2.24, 2.45) is 23.7 Å². The average molecular weight is 760 g/mol. The first-order valence-electron chi connectivity index (χ1n) is 17.3. The van der Waals surface area contributed by atoms with Gasteiger partial charge in [0.25, 0.3) is 11.7 Å². The third kappa shape index (κ3) is 7.01. The lowest BCUT2D eigenvalue weighted by Crippen LogP contribution is -2.44. The van der Waals surface area contributed by atoms with E-state index in [2.05, 4.69) is 5.32 Å². The summed E-state index contributed by atoms with van der Waals surface area (Å²) in [4.78, 5) is 27.8. The van der Waals surface area contributed by atoms with Gasteiger partial charge in [0.15, 0.2) is 5.75 Å². The van der Waals surface area contributed by atoms with Gasteiger partial charge in [0.2, 0.25) is 0 Å². The number of nitrogens with one attached hydrogen (secondary N) is 1. The number of carbonyl (C=O) groups is 2. The van der Waals surface area contributed by atoms with Crippen LogP contribution in [0.3, 0.4) is 0 Å². The minimum absolute atomic E-state index is 0.0356. The van der Waals surface area contributed by atoms with E-state index in [9.17, 15) is 40.2 Å². The van der Waals surface area contributed by atoms with Gasteiger partial charge in [-0.3, -0.25) is 9.59 Å². The zero-order chi connectivity index (χ0) is 38.4. The van der Waals surface area contributed by atoms with Crippen molar-refractivity contribution in [1.29, 1.82) is 0 Å². The number of carbonyl (C=O) groups excluding carboxylic acids is 2. The molecular weight excluding hydrogens is 711 g/mol. The number of aliphatic hydroxyl groups is 3. The summed E-state index contributed by atoms with van der Waals surface area (Å²) >= 11 is 2.99. The van der Waals surface area contributed by atoms with Gasteiger partial charge >= 0.3 is 5.79 Å². The Labute approximate surface area is 311 Å². The van der Waals surface area contributed by atoms with Crippen LogP contribution in [-0.2, 0) is 14.3 Å². The van der Waals surface area contributed by atoms with E-state index in [4.69, 9.17) is 14.2 Å². The van der Waals surface area contributed by atoms with Gasteiger partial charge in [0.1, 0.15) is 17.2 Å². The molecule has 14 heteroatoms. The Hall–Kier alpha value is -3.40. The normalized spacial score (nSPS) is 32.2. The highest BCUT2D eigenvalue weighted by Gasteiger charge is 2.50. The maximum Gasteiger partial charge on any atom is 0.312 e. The number of Topliss-reactive ketones (excluding diaryl/α,β-unsaturated/α-hetero) is 1. The van der Waals surface area contributed by atoms with Crippen LogP contribution in [0.25, 0.3) is 10.8 Å². The predicted octanol–water partition coefficient (Wildman–Crippen LogP) is 5.66. The molecule has 1 amide bonds. The summed E-state index contributed by atoms with van der Waals surface area (Å²) in [7, 11) is 1.45. The quantitative estimate of drug-likeness (QED) is 0.147. The fraction of sp³-hybridized carbons (Fsp3) is 0.526. The molecule has 0 spiro atoms. The second-order valence-corrected chi connectivity index (χ2v) is 16.8. The van der Waals surface area contributed by atoms with Gasteiger partial charge < -0.3 is 50.2 Å². The molecule has 12 nitrogen and oxygen atoms in total. The maximum absolute atomic E-state index is 14.2. The van der Waals surface area contributed by atoms with E-state index in [1.165, 1.54) is 62.9 Å². The first kappa shape index (κ1) is 39.8. The topological polar surface area (TPSA) is 195 Å². The molecule has 2 aromatic carbocycles. The Balaban J connectivity index is 1.70. The number of aromatic hydroxyl groups is 3. The number of phenols is 3. The zero-order valence-electron chi connectivity index (χ0n) is 30.5. The van der Waals surface area contributed by atoms with Crippen LogP contribution in [0.2, 0.25) is 0 Å². The van der Waals surface area contributed by atoms with E-state index in [0.29, 0.717) is 0 Å². The molecule has 4 heterocycles. The molecule has 0 aliphatic carbocycles. The molecule has 0 saturated carbocycles. The van der Waals surface area contributed by atoms with Crippen LogP contribution in [-0.4, -0.2) is 91.1 Å². The molecule has 4 aliphatic heterocycles. The number of fused-ring (bicyclic) bond motifs is 14. The van der Waals surface area contributed by atoms with Crippen LogP contribution in [0.4, 0.5) is 5.69 Å².